The van der Waals surface area contributed by atoms with Gasteiger partial charge >= 0.3 is 6.36 Å². The molecule has 0 spiro atoms. The molecule has 140 valence electrons. The molecule has 0 heterocycles. The summed E-state index contributed by atoms with van der Waals surface area (Å²) in [6, 6.07) is 1.95. The Kier molecular flexibility index (Phi) is 6.85. The van der Waals surface area contributed by atoms with Gasteiger partial charge in [0.15, 0.2) is 11.6 Å². The summed E-state index contributed by atoms with van der Waals surface area (Å²) in [4.78, 5) is 0. The molecular formula is C19H23F5O. The molecule has 0 unspecified atom stereocenters. The first-order valence-corrected chi connectivity index (χ1v) is 8.66. The lowest BCUT2D eigenvalue weighted by molar-refractivity contribution is -0.276. The molecule has 1 aliphatic carbocycles. The third kappa shape index (κ3) is 6.01. The summed E-state index contributed by atoms with van der Waals surface area (Å²) in [5.74, 6) is -3.39. The van der Waals surface area contributed by atoms with Crippen LogP contribution in [0.1, 0.15) is 63.4 Å². The molecule has 2 rings (SSSR count). The van der Waals surface area contributed by atoms with Crippen LogP contribution in [0.4, 0.5) is 22.0 Å². The molecule has 1 aromatic carbocycles. The van der Waals surface area contributed by atoms with Crippen LogP contribution in [0.3, 0.4) is 0 Å². The van der Waals surface area contributed by atoms with E-state index in [4.69, 9.17) is 0 Å². The van der Waals surface area contributed by atoms with Gasteiger partial charge in [-0.3, -0.25) is 0 Å². The van der Waals surface area contributed by atoms with Gasteiger partial charge in [0.1, 0.15) is 0 Å². The van der Waals surface area contributed by atoms with E-state index in [0.29, 0.717) is 11.5 Å². The Hall–Kier alpha value is -1.59. The maximum atomic E-state index is 13.8. The minimum atomic E-state index is -5.12. The first-order chi connectivity index (χ1) is 11.8. The number of hydrogen-bond acceptors (Lipinski definition) is 1. The van der Waals surface area contributed by atoms with E-state index >= 15 is 0 Å². The quantitative estimate of drug-likeness (QED) is 0.304. The van der Waals surface area contributed by atoms with E-state index in [1.165, 1.54) is 0 Å². The third-order valence-corrected chi connectivity index (χ3v) is 4.78. The van der Waals surface area contributed by atoms with Crippen LogP contribution >= 0.6 is 0 Å². The van der Waals surface area contributed by atoms with Crippen LogP contribution in [0.2, 0.25) is 0 Å². The van der Waals surface area contributed by atoms with Gasteiger partial charge in [-0.2, -0.15) is 0 Å². The van der Waals surface area contributed by atoms with Crippen molar-refractivity contribution in [3.8, 4) is 5.75 Å². The first kappa shape index (κ1) is 19.7. The van der Waals surface area contributed by atoms with Crippen molar-refractivity contribution in [2.24, 2.45) is 5.92 Å². The minimum absolute atomic E-state index is 0.0178. The van der Waals surface area contributed by atoms with Crippen molar-refractivity contribution < 1.29 is 26.7 Å². The average Bonchev–Trinajstić information content (AvgIpc) is 2.54. The van der Waals surface area contributed by atoms with Crippen molar-refractivity contribution in [1.82, 2.24) is 0 Å². The Balaban J connectivity index is 1.95. The van der Waals surface area contributed by atoms with Crippen molar-refractivity contribution in [1.29, 1.82) is 0 Å². The van der Waals surface area contributed by atoms with Gasteiger partial charge in [-0.15, -0.1) is 13.2 Å². The lowest BCUT2D eigenvalue weighted by atomic mass is 9.77. The number of unbranched alkanes of at least 4 members (excludes halogenated alkanes) is 1. The number of ether oxygens (including phenoxy) is 1. The summed E-state index contributed by atoms with van der Waals surface area (Å²) < 4.78 is 67.7. The molecule has 25 heavy (non-hydrogen) atoms. The van der Waals surface area contributed by atoms with Crippen molar-refractivity contribution in [2.75, 3.05) is 0 Å². The summed E-state index contributed by atoms with van der Waals surface area (Å²) in [6.07, 6.45) is 5.94. The lowest BCUT2D eigenvalue weighted by Gasteiger charge is -2.29. The number of rotatable bonds is 6. The molecule has 1 aliphatic rings. The van der Waals surface area contributed by atoms with E-state index in [9.17, 15) is 22.0 Å². The van der Waals surface area contributed by atoms with Crippen molar-refractivity contribution in [3.63, 3.8) is 0 Å². The minimum Gasteiger partial charge on any atom is -0.399 e. The fourth-order valence-corrected chi connectivity index (χ4v) is 3.50. The van der Waals surface area contributed by atoms with E-state index in [2.05, 4.69) is 10.8 Å². The molecule has 0 atom stereocenters. The van der Waals surface area contributed by atoms with Gasteiger partial charge in [-0.25, -0.2) is 8.78 Å². The Labute approximate surface area is 144 Å². The highest BCUT2D eigenvalue weighted by molar-refractivity contribution is 5.33. The smallest absolute Gasteiger partial charge is 0.399 e. The van der Waals surface area contributed by atoms with Gasteiger partial charge in [-0.05, 0) is 75.0 Å². The highest BCUT2D eigenvalue weighted by Crippen LogP contribution is 2.40. The van der Waals surface area contributed by atoms with Crippen LogP contribution in [0, 0.1) is 17.6 Å². The van der Waals surface area contributed by atoms with Gasteiger partial charge in [0, 0.05) is 0 Å². The van der Waals surface area contributed by atoms with Gasteiger partial charge in [0.05, 0.1) is 0 Å². The molecule has 0 aliphatic heterocycles. The predicted molar refractivity (Wildman–Crippen MR) is 86.4 cm³/mol. The molecule has 0 aromatic heterocycles. The normalized spacial score (nSPS) is 21.7. The molecule has 1 saturated carbocycles. The first-order valence-electron chi connectivity index (χ1n) is 8.66. The molecular weight excluding hydrogens is 339 g/mol. The molecule has 0 radical (unpaired) electrons. The summed E-state index contributed by atoms with van der Waals surface area (Å²) in [7, 11) is 0. The molecule has 6 heteroatoms. The molecule has 1 fully saturated rings. The Bertz CT molecular complexity index is 563. The SMILES string of the molecule is C/C=C/CCCC1CCC(c2cc(F)c(OC(F)(F)F)c(F)c2)CC1. The zero-order chi connectivity index (χ0) is 18.4. The number of benzene rings is 1. The summed E-state index contributed by atoms with van der Waals surface area (Å²) in [6.45, 7) is 1.99. The topological polar surface area (TPSA) is 9.23 Å². The van der Waals surface area contributed by atoms with E-state index in [0.717, 1.165) is 57.1 Å². The van der Waals surface area contributed by atoms with Crippen LogP contribution < -0.4 is 4.74 Å². The second-order valence-electron chi connectivity index (χ2n) is 6.58. The van der Waals surface area contributed by atoms with Crippen LogP contribution in [0.15, 0.2) is 24.3 Å². The fourth-order valence-electron chi connectivity index (χ4n) is 3.50. The Morgan fingerprint density at radius 3 is 2.20 bits per heavy atom. The number of hydrogen-bond donors (Lipinski definition) is 0. The van der Waals surface area contributed by atoms with E-state index in [1.807, 2.05) is 13.0 Å². The summed E-state index contributed by atoms with van der Waals surface area (Å²) >= 11 is 0. The maximum absolute atomic E-state index is 13.8. The highest BCUT2D eigenvalue weighted by atomic mass is 19.4. The second kappa shape index (κ2) is 8.68. The van der Waals surface area contributed by atoms with Gasteiger partial charge in [-0.1, -0.05) is 18.6 Å². The zero-order valence-corrected chi connectivity index (χ0v) is 14.2. The average molecular weight is 362 g/mol. The van der Waals surface area contributed by atoms with Crippen molar-refractivity contribution in [2.45, 2.75) is 64.1 Å². The van der Waals surface area contributed by atoms with E-state index in [-0.39, 0.29) is 5.92 Å². The zero-order valence-electron chi connectivity index (χ0n) is 14.2. The summed E-state index contributed by atoms with van der Waals surface area (Å²) in [5, 5.41) is 0. The van der Waals surface area contributed by atoms with Crippen molar-refractivity contribution in [3.05, 3.63) is 41.5 Å². The predicted octanol–water partition coefficient (Wildman–Crippen LogP) is 6.88. The number of alkyl halides is 3. The van der Waals surface area contributed by atoms with Crippen LogP contribution in [-0.4, -0.2) is 6.36 Å². The monoisotopic (exact) mass is 362 g/mol. The van der Waals surface area contributed by atoms with Crippen LogP contribution in [0.25, 0.3) is 0 Å². The number of allylic oxidation sites excluding steroid dienone is 2. The third-order valence-electron chi connectivity index (χ3n) is 4.78. The molecule has 0 bridgehead atoms. The molecule has 1 nitrogen and oxygen atoms in total. The van der Waals surface area contributed by atoms with Crippen molar-refractivity contribution >= 4 is 0 Å². The van der Waals surface area contributed by atoms with E-state index in [1.54, 1.807) is 0 Å². The largest absolute Gasteiger partial charge is 0.573 e. The molecule has 0 N–H and O–H groups in total. The summed E-state index contributed by atoms with van der Waals surface area (Å²) in [5.41, 5.74) is 0.414. The molecule has 0 saturated heterocycles. The van der Waals surface area contributed by atoms with Gasteiger partial charge in [0.2, 0.25) is 5.75 Å². The Morgan fingerprint density at radius 1 is 1.08 bits per heavy atom. The molecule has 0 amide bonds. The second-order valence-corrected chi connectivity index (χ2v) is 6.58. The lowest BCUT2D eigenvalue weighted by Crippen LogP contribution is -2.19. The number of halogens is 5. The maximum Gasteiger partial charge on any atom is 0.573 e. The molecule has 1 aromatic rings. The fraction of sp³-hybridized carbons (Fsp3) is 0.579. The standard InChI is InChI=1S/C19H23F5O/c1-2-3-4-5-6-13-7-9-14(10-8-13)15-11-16(20)18(17(21)12-15)25-19(22,23)24/h2-3,11-14H,4-10H2,1H3/b3-2+. The van der Waals surface area contributed by atoms with Gasteiger partial charge in [0.25, 0.3) is 0 Å². The van der Waals surface area contributed by atoms with Crippen LogP contribution in [0.5, 0.6) is 5.75 Å². The highest BCUT2D eigenvalue weighted by Gasteiger charge is 2.34. The Morgan fingerprint density at radius 2 is 1.68 bits per heavy atom. The van der Waals surface area contributed by atoms with E-state index < -0.39 is 23.7 Å². The van der Waals surface area contributed by atoms with Gasteiger partial charge < -0.3 is 4.74 Å². The van der Waals surface area contributed by atoms with Crippen LogP contribution in [-0.2, 0) is 0 Å².